The van der Waals surface area contributed by atoms with Gasteiger partial charge in [0.25, 0.3) is 0 Å². The van der Waals surface area contributed by atoms with E-state index in [1.54, 1.807) is 24.3 Å². The van der Waals surface area contributed by atoms with Crippen molar-refractivity contribution in [3.63, 3.8) is 0 Å². The number of nitrogens with one attached hydrogen (secondary N) is 1. The lowest BCUT2D eigenvalue weighted by atomic mass is 10.1. The van der Waals surface area contributed by atoms with Gasteiger partial charge in [0.1, 0.15) is 22.3 Å². The second kappa shape index (κ2) is 4.64. The number of fused-ring (bicyclic) bond motifs is 3. The monoisotopic (exact) mass is 289 g/mol. The molecule has 0 saturated heterocycles. The fourth-order valence-electron chi connectivity index (χ4n) is 2.15. The van der Waals surface area contributed by atoms with E-state index in [0.29, 0.717) is 22.0 Å². The third-order valence-electron chi connectivity index (χ3n) is 2.96. The van der Waals surface area contributed by atoms with Gasteiger partial charge in [-0.25, -0.2) is 9.00 Å². The zero-order chi connectivity index (χ0) is 14.3. The highest BCUT2D eigenvalue weighted by molar-refractivity contribution is 7.85. The summed E-state index contributed by atoms with van der Waals surface area (Å²) >= 11 is 0. The topological polar surface area (TPSA) is 79.5 Å². The van der Waals surface area contributed by atoms with Crippen LogP contribution in [-0.4, -0.2) is 15.6 Å². The van der Waals surface area contributed by atoms with Crippen LogP contribution in [0.15, 0.2) is 45.6 Å². The minimum absolute atomic E-state index is 0.0174. The third kappa shape index (κ3) is 2.14. The Bertz CT molecular complexity index is 901. The van der Waals surface area contributed by atoms with Gasteiger partial charge in [-0.2, -0.15) is 0 Å². The van der Waals surface area contributed by atoms with Crippen LogP contribution >= 0.6 is 0 Å². The molecule has 1 heterocycles. The van der Waals surface area contributed by atoms with E-state index in [1.165, 1.54) is 18.4 Å². The number of hydrogen-bond acceptors (Lipinski definition) is 4. The molecule has 2 aromatic carbocycles. The van der Waals surface area contributed by atoms with Gasteiger partial charge in [0.05, 0.1) is 5.39 Å². The van der Waals surface area contributed by atoms with Crippen molar-refractivity contribution in [1.82, 2.24) is 0 Å². The highest BCUT2D eigenvalue weighted by atomic mass is 32.2. The van der Waals surface area contributed by atoms with Gasteiger partial charge < -0.3 is 14.2 Å². The fraction of sp³-hybridized carbons (Fsp3) is 0.0714. The first kappa shape index (κ1) is 12.7. The molecule has 0 saturated carbocycles. The van der Waals surface area contributed by atoms with Crippen molar-refractivity contribution in [1.29, 1.82) is 0 Å². The quantitative estimate of drug-likeness (QED) is 0.560. The fourth-order valence-corrected chi connectivity index (χ4v) is 2.61. The summed E-state index contributed by atoms with van der Waals surface area (Å²) in [7, 11) is -1.20. The summed E-state index contributed by atoms with van der Waals surface area (Å²) < 4.78 is 19.1. The standard InChI is InChI=1S/C14H11NO4S/c1-20(18)15-8-2-4-11-10-5-3-9(16)7-12(10)14(17)19-13(11)6-8/h2-7,15-16H,1H3. The summed E-state index contributed by atoms with van der Waals surface area (Å²) in [6.45, 7) is 0. The molecule has 3 aromatic rings. The average molecular weight is 289 g/mol. The molecular weight excluding hydrogens is 278 g/mol. The molecule has 102 valence electrons. The molecule has 5 nitrogen and oxygen atoms in total. The van der Waals surface area contributed by atoms with Gasteiger partial charge in [-0.05, 0) is 30.3 Å². The van der Waals surface area contributed by atoms with Crippen molar-refractivity contribution in [3.05, 3.63) is 46.8 Å². The lowest BCUT2D eigenvalue weighted by molar-refractivity contribution is 0.475. The van der Waals surface area contributed by atoms with E-state index >= 15 is 0 Å². The molecule has 0 radical (unpaired) electrons. The van der Waals surface area contributed by atoms with Crippen LogP contribution in [0.25, 0.3) is 21.7 Å². The van der Waals surface area contributed by atoms with Gasteiger partial charge in [0.15, 0.2) is 0 Å². The number of phenols is 1. The predicted molar refractivity (Wildman–Crippen MR) is 79.3 cm³/mol. The zero-order valence-electron chi connectivity index (χ0n) is 10.5. The second-order valence-corrected chi connectivity index (χ2v) is 5.50. The molecule has 0 aliphatic rings. The molecule has 20 heavy (non-hydrogen) atoms. The van der Waals surface area contributed by atoms with Gasteiger partial charge >= 0.3 is 5.63 Å². The van der Waals surface area contributed by atoms with E-state index in [-0.39, 0.29) is 5.75 Å². The first-order valence-corrected chi connectivity index (χ1v) is 7.40. The van der Waals surface area contributed by atoms with Crippen LogP contribution in [0.2, 0.25) is 0 Å². The minimum atomic E-state index is -1.20. The Hall–Kier alpha value is -2.34. The van der Waals surface area contributed by atoms with Crippen LogP contribution in [0.1, 0.15) is 0 Å². The molecule has 1 unspecified atom stereocenters. The molecule has 0 bridgehead atoms. The summed E-state index contributed by atoms with van der Waals surface area (Å²) in [6.07, 6.45) is 1.52. The Kier molecular flexibility index (Phi) is 2.94. The minimum Gasteiger partial charge on any atom is -0.508 e. The smallest absolute Gasteiger partial charge is 0.344 e. The van der Waals surface area contributed by atoms with E-state index in [2.05, 4.69) is 4.72 Å². The number of anilines is 1. The molecule has 0 amide bonds. The van der Waals surface area contributed by atoms with Gasteiger partial charge in [-0.15, -0.1) is 0 Å². The first-order chi connectivity index (χ1) is 9.54. The van der Waals surface area contributed by atoms with Crippen molar-refractivity contribution < 1.29 is 13.7 Å². The molecule has 0 aliphatic carbocycles. The van der Waals surface area contributed by atoms with Gasteiger partial charge in [-0.1, -0.05) is 0 Å². The summed E-state index contributed by atoms with van der Waals surface area (Å²) in [6, 6.07) is 9.75. The van der Waals surface area contributed by atoms with Gasteiger partial charge in [0, 0.05) is 28.8 Å². The lowest BCUT2D eigenvalue weighted by Gasteiger charge is -2.06. The maximum Gasteiger partial charge on any atom is 0.344 e. The Morgan fingerprint density at radius 1 is 1.10 bits per heavy atom. The summed E-state index contributed by atoms with van der Waals surface area (Å²) in [4.78, 5) is 11.9. The van der Waals surface area contributed by atoms with Crippen LogP contribution < -0.4 is 10.3 Å². The Balaban J connectivity index is 2.33. The van der Waals surface area contributed by atoms with Crippen LogP contribution in [0.4, 0.5) is 5.69 Å². The highest BCUT2D eigenvalue weighted by Gasteiger charge is 2.09. The molecule has 3 rings (SSSR count). The number of hydrogen-bond donors (Lipinski definition) is 2. The lowest BCUT2D eigenvalue weighted by Crippen LogP contribution is -2.02. The van der Waals surface area contributed by atoms with Gasteiger partial charge in [0.2, 0.25) is 0 Å². The maximum atomic E-state index is 11.9. The predicted octanol–water partition coefficient (Wildman–Crippen LogP) is 2.36. The van der Waals surface area contributed by atoms with Gasteiger partial charge in [-0.3, -0.25) is 0 Å². The number of aromatic hydroxyl groups is 1. The average Bonchev–Trinajstić information content (AvgIpc) is 2.38. The van der Waals surface area contributed by atoms with E-state index in [4.69, 9.17) is 4.42 Å². The molecule has 0 aliphatic heterocycles. The molecule has 0 spiro atoms. The summed E-state index contributed by atoms with van der Waals surface area (Å²) in [5, 5.41) is 11.2. The summed E-state index contributed by atoms with van der Waals surface area (Å²) in [5.41, 5.74) is 0.501. The number of phenolic OH excluding ortho intramolecular Hbond substituents is 1. The largest absolute Gasteiger partial charge is 0.508 e. The molecule has 2 N–H and O–H groups in total. The van der Waals surface area contributed by atoms with Crippen LogP contribution in [0, 0.1) is 0 Å². The van der Waals surface area contributed by atoms with Crippen molar-refractivity contribution >= 4 is 38.4 Å². The van der Waals surface area contributed by atoms with Crippen LogP contribution in [-0.2, 0) is 11.0 Å². The SMILES string of the molecule is CS(=O)Nc1ccc2c(c1)oc(=O)c1cc(O)ccc12. The molecule has 6 heteroatoms. The van der Waals surface area contributed by atoms with Crippen molar-refractivity contribution in [2.45, 2.75) is 0 Å². The Morgan fingerprint density at radius 2 is 1.85 bits per heavy atom. The van der Waals surface area contributed by atoms with E-state index in [1.807, 2.05) is 0 Å². The van der Waals surface area contributed by atoms with E-state index in [0.717, 1.165) is 5.39 Å². The molecule has 0 fully saturated rings. The second-order valence-electron chi connectivity index (χ2n) is 4.39. The number of benzene rings is 2. The first-order valence-electron chi connectivity index (χ1n) is 5.84. The molecule has 1 atom stereocenters. The molecular formula is C14H11NO4S. The zero-order valence-corrected chi connectivity index (χ0v) is 11.4. The van der Waals surface area contributed by atoms with Crippen molar-refractivity contribution in [3.8, 4) is 5.75 Å². The normalized spacial score (nSPS) is 12.7. The van der Waals surface area contributed by atoms with Crippen LogP contribution in [0.3, 0.4) is 0 Å². The molecule has 1 aromatic heterocycles. The van der Waals surface area contributed by atoms with Crippen molar-refractivity contribution in [2.75, 3.05) is 11.0 Å². The van der Waals surface area contributed by atoms with E-state index in [9.17, 15) is 14.1 Å². The highest BCUT2D eigenvalue weighted by Crippen LogP contribution is 2.27. The van der Waals surface area contributed by atoms with E-state index < -0.39 is 16.6 Å². The number of rotatable bonds is 2. The Labute approximate surface area is 116 Å². The summed E-state index contributed by atoms with van der Waals surface area (Å²) in [5.74, 6) is 0.0174. The Morgan fingerprint density at radius 3 is 2.60 bits per heavy atom. The van der Waals surface area contributed by atoms with Crippen molar-refractivity contribution in [2.24, 2.45) is 0 Å². The van der Waals surface area contributed by atoms with Crippen LogP contribution in [0.5, 0.6) is 5.75 Å². The maximum absolute atomic E-state index is 11.9. The third-order valence-corrected chi connectivity index (χ3v) is 3.48.